The Morgan fingerprint density at radius 1 is 1.25 bits per heavy atom. The Bertz CT molecular complexity index is 427. The molecule has 2 aliphatic rings. The van der Waals surface area contributed by atoms with Crippen molar-refractivity contribution in [2.45, 2.75) is 51.3 Å². The van der Waals surface area contributed by atoms with E-state index >= 15 is 0 Å². The Kier molecular flexibility index (Phi) is 4.38. The topological polar surface area (TPSA) is 52.7 Å². The summed E-state index contributed by atoms with van der Waals surface area (Å²) in [5.74, 6) is 0.879. The van der Waals surface area contributed by atoms with Gasteiger partial charge >= 0.3 is 0 Å². The number of hydrogen-bond donors (Lipinski definition) is 1. The van der Waals surface area contributed by atoms with Crippen molar-refractivity contribution in [3.05, 3.63) is 17.5 Å². The minimum atomic E-state index is -0.117. The van der Waals surface area contributed by atoms with E-state index in [1.54, 1.807) is 0 Å². The third kappa shape index (κ3) is 3.22. The van der Waals surface area contributed by atoms with Crippen molar-refractivity contribution < 1.29 is 9.63 Å². The Morgan fingerprint density at radius 3 is 2.65 bits per heavy atom. The standard InChI is InChI=1S/C15H25N3O2/c1-12-10-13(16-20-12)11-17-6-8-18(9-7-17)14-4-2-3-5-15(14)19/h10,14-15,19H,2-9,11H2,1H3. The van der Waals surface area contributed by atoms with Gasteiger partial charge in [0.15, 0.2) is 0 Å². The molecule has 1 saturated carbocycles. The molecular formula is C15H25N3O2. The number of nitrogens with zero attached hydrogens (tertiary/aromatic N) is 3. The number of aliphatic hydroxyl groups excluding tert-OH is 1. The van der Waals surface area contributed by atoms with Crippen LogP contribution in [0, 0.1) is 6.92 Å². The molecule has 0 spiro atoms. The van der Waals surface area contributed by atoms with E-state index in [2.05, 4.69) is 15.0 Å². The molecule has 5 heteroatoms. The van der Waals surface area contributed by atoms with Crippen LogP contribution in [-0.2, 0) is 6.54 Å². The van der Waals surface area contributed by atoms with Gasteiger partial charge in [0.25, 0.3) is 0 Å². The lowest BCUT2D eigenvalue weighted by Gasteiger charge is -2.42. The van der Waals surface area contributed by atoms with E-state index in [1.165, 1.54) is 12.8 Å². The van der Waals surface area contributed by atoms with Gasteiger partial charge in [0.05, 0.1) is 11.8 Å². The van der Waals surface area contributed by atoms with E-state index in [0.29, 0.717) is 6.04 Å². The number of aromatic nitrogens is 1. The van der Waals surface area contributed by atoms with Crippen molar-refractivity contribution in [2.75, 3.05) is 26.2 Å². The second-order valence-electron chi connectivity index (χ2n) is 6.16. The zero-order valence-corrected chi connectivity index (χ0v) is 12.3. The molecule has 1 aromatic rings. The highest BCUT2D eigenvalue weighted by Crippen LogP contribution is 2.24. The van der Waals surface area contributed by atoms with Crippen molar-refractivity contribution in [3.63, 3.8) is 0 Å². The smallest absolute Gasteiger partial charge is 0.133 e. The van der Waals surface area contributed by atoms with Crippen molar-refractivity contribution in [1.29, 1.82) is 0 Å². The Balaban J connectivity index is 1.49. The Hall–Kier alpha value is -0.910. The van der Waals surface area contributed by atoms with Crippen LogP contribution in [0.3, 0.4) is 0 Å². The van der Waals surface area contributed by atoms with E-state index < -0.39 is 0 Å². The second-order valence-corrected chi connectivity index (χ2v) is 6.16. The molecule has 1 aliphatic heterocycles. The van der Waals surface area contributed by atoms with Gasteiger partial charge < -0.3 is 9.63 Å². The zero-order valence-electron chi connectivity index (χ0n) is 12.3. The summed E-state index contributed by atoms with van der Waals surface area (Å²) < 4.78 is 5.12. The maximum absolute atomic E-state index is 10.1. The lowest BCUT2D eigenvalue weighted by atomic mass is 9.91. The van der Waals surface area contributed by atoms with E-state index in [-0.39, 0.29) is 6.10 Å². The first-order chi connectivity index (χ1) is 9.72. The maximum atomic E-state index is 10.1. The van der Waals surface area contributed by atoms with E-state index in [4.69, 9.17) is 4.52 Å². The Morgan fingerprint density at radius 2 is 2.00 bits per heavy atom. The molecule has 112 valence electrons. The van der Waals surface area contributed by atoms with Crippen LogP contribution >= 0.6 is 0 Å². The molecule has 2 atom stereocenters. The van der Waals surface area contributed by atoms with Gasteiger partial charge in [-0.3, -0.25) is 9.80 Å². The zero-order chi connectivity index (χ0) is 13.9. The fraction of sp³-hybridized carbons (Fsp3) is 0.800. The van der Waals surface area contributed by atoms with E-state index in [1.807, 2.05) is 13.0 Å². The van der Waals surface area contributed by atoms with Gasteiger partial charge in [0.2, 0.25) is 0 Å². The summed E-state index contributed by atoms with van der Waals surface area (Å²) in [5.41, 5.74) is 1.02. The van der Waals surface area contributed by atoms with Crippen molar-refractivity contribution in [2.24, 2.45) is 0 Å². The molecule has 0 amide bonds. The molecule has 1 aromatic heterocycles. The van der Waals surface area contributed by atoms with E-state index in [0.717, 1.165) is 57.0 Å². The van der Waals surface area contributed by atoms with E-state index in [9.17, 15) is 5.11 Å². The third-order valence-electron chi connectivity index (χ3n) is 4.63. The number of aryl methyl sites for hydroxylation is 1. The van der Waals surface area contributed by atoms with Crippen LogP contribution in [0.2, 0.25) is 0 Å². The van der Waals surface area contributed by atoms with Crippen LogP contribution in [0.5, 0.6) is 0 Å². The summed E-state index contributed by atoms with van der Waals surface area (Å²) in [6.45, 7) is 7.01. The first-order valence-corrected chi connectivity index (χ1v) is 7.79. The molecule has 2 heterocycles. The summed E-state index contributed by atoms with van der Waals surface area (Å²) in [6.07, 6.45) is 4.46. The van der Waals surface area contributed by atoms with Crippen molar-refractivity contribution >= 4 is 0 Å². The predicted octanol–water partition coefficient (Wildman–Crippen LogP) is 1.40. The number of aliphatic hydroxyl groups is 1. The molecule has 2 fully saturated rings. The van der Waals surface area contributed by atoms with Crippen LogP contribution in [0.25, 0.3) is 0 Å². The fourth-order valence-corrected chi connectivity index (χ4v) is 3.49. The monoisotopic (exact) mass is 279 g/mol. The average Bonchev–Trinajstić information content (AvgIpc) is 2.86. The summed E-state index contributed by atoms with van der Waals surface area (Å²) >= 11 is 0. The molecule has 5 nitrogen and oxygen atoms in total. The van der Waals surface area contributed by atoms with Crippen LogP contribution in [0.15, 0.2) is 10.6 Å². The SMILES string of the molecule is Cc1cc(CN2CCN(C3CCCCC3O)CC2)no1. The molecule has 3 rings (SSSR count). The molecular weight excluding hydrogens is 254 g/mol. The van der Waals surface area contributed by atoms with Gasteiger partial charge in [0.1, 0.15) is 5.76 Å². The Labute approximate surface area is 120 Å². The molecule has 0 bridgehead atoms. The molecule has 1 saturated heterocycles. The van der Waals surface area contributed by atoms with Crippen LogP contribution < -0.4 is 0 Å². The van der Waals surface area contributed by atoms with Crippen LogP contribution in [0.4, 0.5) is 0 Å². The lowest BCUT2D eigenvalue weighted by Crippen LogP contribution is -2.54. The largest absolute Gasteiger partial charge is 0.391 e. The van der Waals surface area contributed by atoms with Crippen molar-refractivity contribution in [3.8, 4) is 0 Å². The van der Waals surface area contributed by atoms with Gasteiger partial charge in [-0.2, -0.15) is 0 Å². The first-order valence-electron chi connectivity index (χ1n) is 7.79. The summed E-state index contributed by atoms with van der Waals surface area (Å²) in [5, 5.41) is 14.2. The quantitative estimate of drug-likeness (QED) is 0.906. The van der Waals surface area contributed by atoms with Gasteiger partial charge in [-0.1, -0.05) is 18.0 Å². The summed E-state index contributed by atoms with van der Waals surface area (Å²) in [4.78, 5) is 4.90. The van der Waals surface area contributed by atoms with Crippen LogP contribution in [-0.4, -0.2) is 58.4 Å². The molecule has 0 aromatic carbocycles. The number of hydrogen-bond acceptors (Lipinski definition) is 5. The normalized spacial score (nSPS) is 29.7. The molecule has 20 heavy (non-hydrogen) atoms. The predicted molar refractivity (Wildman–Crippen MR) is 76.4 cm³/mol. The molecule has 1 N–H and O–H groups in total. The van der Waals surface area contributed by atoms with Crippen LogP contribution in [0.1, 0.15) is 37.1 Å². The minimum absolute atomic E-state index is 0.117. The average molecular weight is 279 g/mol. The van der Waals surface area contributed by atoms with Gasteiger partial charge in [0, 0.05) is 44.8 Å². The highest BCUT2D eigenvalue weighted by atomic mass is 16.5. The van der Waals surface area contributed by atoms with Gasteiger partial charge in [-0.15, -0.1) is 0 Å². The lowest BCUT2D eigenvalue weighted by molar-refractivity contribution is -0.00499. The van der Waals surface area contributed by atoms with Crippen molar-refractivity contribution in [1.82, 2.24) is 15.0 Å². The highest BCUT2D eigenvalue weighted by Gasteiger charge is 2.30. The van der Waals surface area contributed by atoms with Gasteiger partial charge in [-0.05, 0) is 19.8 Å². The summed E-state index contributed by atoms with van der Waals surface area (Å²) in [7, 11) is 0. The molecule has 0 radical (unpaired) electrons. The minimum Gasteiger partial charge on any atom is -0.391 e. The first kappa shape index (κ1) is 14.0. The number of rotatable bonds is 3. The maximum Gasteiger partial charge on any atom is 0.133 e. The molecule has 1 aliphatic carbocycles. The third-order valence-corrected chi connectivity index (χ3v) is 4.63. The molecule has 2 unspecified atom stereocenters. The summed E-state index contributed by atoms with van der Waals surface area (Å²) in [6, 6.07) is 2.40. The van der Waals surface area contributed by atoms with Gasteiger partial charge in [-0.25, -0.2) is 0 Å². The highest BCUT2D eigenvalue weighted by molar-refractivity contribution is 5.03. The fourth-order valence-electron chi connectivity index (χ4n) is 3.49. The number of piperazine rings is 1. The second kappa shape index (κ2) is 6.24.